The number of rotatable bonds is 2. The highest BCUT2D eigenvalue weighted by Crippen LogP contribution is 2.37. The third-order valence-corrected chi connectivity index (χ3v) is 7.81. The molecule has 2 aliphatic carbocycles. The number of nitrogens with zero attached hydrogens (tertiary/aromatic N) is 2. The molecule has 134 valence electrons. The van der Waals surface area contributed by atoms with Crippen molar-refractivity contribution in [2.75, 3.05) is 13.1 Å². The molecule has 2 fully saturated rings. The minimum Gasteiger partial charge on any atom is -0.309 e. The summed E-state index contributed by atoms with van der Waals surface area (Å²) in [6.07, 6.45) is 11.6. The molecular weight excluding hydrogens is 330 g/mol. The lowest BCUT2D eigenvalue weighted by Crippen LogP contribution is -2.41. The molecule has 0 aromatic carbocycles. The quantitative estimate of drug-likeness (QED) is 0.887. The van der Waals surface area contributed by atoms with Gasteiger partial charge in [-0.25, -0.2) is 4.98 Å². The van der Waals surface area contributed by atoms with E-state index in [9.17, 15) is 4.79 Å². The number of aromatic amines is 1. The van der Waals surface area contributed by atoms with E-state index in [1.54, 1.807) is 11.3 Å². The fraction of sp³-hybridized carbons (Fsp3) is 0.700. The number of aromatic nitrogens is 2. The summed E-state index contributed by atoms with van der Waals surface area (Å²) in [4.78, 5) is 25.6. The van der Waals surface area contributed by atoms with Crippen LogP contribution in [0.3, 0.4) is 0 Å². The lowest BCUT2D eigenvalue weighted by Gasteiger charge is -2.41. The summed E-state index contributed by atoms with van der Waals surface area (Å²) in [5.74, 6) is 2.68. The second kappa shape index (κ2) is 6.51. The zero-order chi connectivity index (χ0) is 16.8. The van der Waals surface area contributed by atoms with E-state index in [-0.39, 0.29) is 5.56 Å². The molecule has 1 N–H and O–H groups in total. The molecule has 1 aliphatic heterocycles. The first-order valence-electron chi connectivity index (χ1n) is 10.0. The van der Waals surface area contributed by atoms with Gasteiger partial charge in [0.2, 0.25) is 0 Å². The molecule has 5 heteroatoms. The summed E-state index contributed by atoms with van der Waals surface area (Å²) in [6, 6.07) is 0. The first-order chi connectivity index (χ1) is 12.3. The van der Waals surface area contributed by atoms with Gasteiger partial charge in [-0.05, 0) is 62.5 Å². The van der Waals surface area contributed by atoms with Crippen LogP contribution in [-0.4, -0.2) is 28.0 Å². The predicted octanol–water partition coefficient (Wildman–Crippen LogP) is 3.88. The Labute approximate surface area is 152 Å². The van der Waals surface area contributed by atoms with Crippen molar-refractivity contribution in [2.24, 2.45) is 11.8 Å². The van der Waals surface area contributed by atoms with Gasteiger partial charge in [0.25, 0.3) is 5.56 Å². The highest BCUT2D eigenvalue weighted by atomic mass is 32.1. The van der Waals surface area contributed by atoms with Gasteiger partial charge < -0.3 is 4.98 Å². The molecule has 3 heterocycles. The summed E-state index contributed by atoms with van der Waals surface area (Å²) in [6.45, 7) is 3.15. The number of nitrogens with one attached hydrogen (secondary N) is 1. The summed E-state index contributed by atoms with van der Waals surface area (Å²) >= 11 is 1.76. The maximum Gasteiger partial charge on any atom is 0.259 e. The lowest BCUT2D eigenvalue weighted by atomic mass is 9.75. The third-order valence-electron chi connectivity index (χ3n) is 6.62. The predicted molar refractivity (Wildman–Crippen MR) is 102 cm³/mol. The number of aryl methyl sites for hydroxylation is 2. The monoisotopic (exact) mass is 357 g/mol. The van der Waals surface area contributed by atoms with Crippen molar-refractivity contribution in [2.45, 2.75) is 64.3 Å². The molecule has 1 saturated heterocycles. The molecule has 0 radical (unpaired) electrons. The zero-order valence-corrected chi connectivity index (χ0v) is 15.7. The SMILES string of the molecule is O=c1[nH]c(CN2CC[C@H]3CCCC[C@@H]3C2)nc2sc3c(c12)CCCC3. The number of piperidine rings is 1. The van der Waals surface area contributed by atoms with Crippen LogP contribution < -0.4 is 5.56 Å². The van der Waals surface area contributed by atoms with Gasteiger partial charge in [-0.3, -0.25) is 9.69 Å². The van der Waals surface area contributed by atoms with E-state index in [2.05, 4.69) is 9.88 Å². The van der Waals surface area contributed by atoms with E-state index in [0.717, 1.165) is 53.8 Å². The van der Waals surface area contributed by atoms with E-state index >= 15 is 0 Å². The highest BCUT2D eigenvalue weighted by molar-refractivity contribution is 7.18. The minimum absolute atomic E-state index is 0.0898. The maximum absolute atomic E-state index is 12.7. The highest BCUT2D eigenvalue weighted by Gasteiger charge is 2.31. The molecule has 1 saturated carbocycles. The van der Waals surface area contributed by atoms with Crippen LogP contribution in [0.5, 0.6) is 0 Å². The molecule has 0 unspecified atom stereocenters. The first kappa shape index (κ1) is 16.0. The first-order valence-corrected chi connectivity index (χ1v) is 10.9. The topological polar surface area (TPSA) is 49.0 Å². The maximum atomic E-state index is 12.7. The van der Waals surface area contributed by atoms with E-state index in [1.807, 2.05) is 0 Å². The van der Waals surface area contributed by atoms with Crippen LogP contribution >= 0.6 is 11.3 Å². The van der Waals surface area contributed by atoms with Gasteiger partial charge in [0.15, 0.2) is 0 Å². The Morgan fingerprint density at radius 3 is 2.84 bits per heavy atom. The van der Waals surface area contributed by atoms with Gasteiger partial charge in [-0.15, -0.1) is 11.3 Å². The van der Waals surface area contributed by atoms with Crippen LogP contribution in [0.2, 0.25) is 0 Å². The van der Waals surface area contributed by atoms with Crippen molar-refractivity contribution in [1.29, 1.82) is 0 Å². The molecule has 2 aromatic heterocycles. The fourth-order valence-electron chi connectivity index (χ4n) is 5.31. The van der Waals surface area contributed by atoms with Crippen molar-refractivity contribution in [3.05, 3.63) is 26.6 Å². The fourth-order valence-corrected chi connectivity index (χ4v) is 6.60. The summed E-state index contributed by atoms with van der Waals surface area (Å²) in [5, 5.41) is 0.884. The molecule has 2 aromatic rings. The number of hydrogen-bond acceptors (Lipinski definition) is 4. The second-order valence-corrected chi connectivity index (χ2v) is 9.32. The van der Waals surface area contributed by atoms with E-state index in [4.69, 9.17) is 4.98 Å². The Bertz CT molecular complexity index is 839. The lowest BCUT2D eigenvalue weighted by molar-refractivity contribution is 0.0803. The molecule has 4 nitrogen and oxygen atoms in total. The van der Waals surface area contributed by atoms with Gasteiger partial charge >= 0.3 is 0 Å². The van der Waals surface area contributed by atoms with Crippen LogP contribution in [0.25, 0.3) is 10.2 Å². The molecular formula is C20H27N3OS. The minimum atomic E-state index is 0.0898. The number of H-pyrrole nitrogens is 1. The summed E-state index contributed by atoms with van der Waals surface area (Å²) in [7, 11) is 0. The van der Waals surface area contributed by atoms with Crippen LogP contribution in [0, 0.1) is 11.8 Å². The van der Waals surface area contributed by atoms with Crippen molar-refractivity contribution >= 4 is 21.6 Å². The van der Waals surface area contributed by atoms with Crippen molar-refractivity contribution in [3.63, 3.8) is 0 Å². The molecule has 25 heavy (non-hydrogen) atoms. The summed E-state index contributed by atoms with van der Waals surface area (Å²) < 4.78 is 0. The van der Waals surface area contributed by atoms with Crippen LogP contribution in [0.15, 0.2) is 4.79 Å². The van der Waals surface area contributed by atoms with Crippen molar-refractivity contribution in [3.8, 4) is 0 Å². The van der Waals surface area contributed by atoms with Crippen LogP contribution in [-0.2, 0) is 19.4 Å². The zero-order valence-electron chi connectivity index (χ0n) is 14.9. The number of fused-ring (bicyclic) bond motifs is 4. The average Bonchev–Trinajstić information content (AvgIpc) is 3.00. The molecule has 0 amide bonds. The van der Waals surface area contributed by atoms with Crippen molar-refractivity contribution in [1.82, 2.24) is 14.9 Å². The molecule has 2 atom stereocenters. The van der Waals surface area contributed by atoms with Crippen LogP contribution in [0.1, 0.15) is 61.2 Å². The van der Waals surface area contributed by atoms with E-state index in [0.29, 0.717) is 0 Å². The summed E-state index contributed by atoms with van der Waals surface area (Å²) in [5.41, 5.74) is 1.38. The normalized spacial score (nSPS) is 27.2. The third kappa shape index (κ3) is 2.95. The average molecular weight is 358 g/mol. The number of likely N-dealkylation sites (tertiary alicyclic amines) is 1. The molecule has 0 bridgehead atoms. The Morgan fingerprint density at radius 2 is 1.92 bits per heavy atom. The second-order valence-electron chi connectivity index (χ2n) is 8.23. The van der Waals surface area contributed by atoms with E-state index in [1.165, 1.54) is 61.9 Å². The van der Waals surface area contributed by atoms with Gasteiger partial charge in [0.05, 0.1) is 11.9 Å². The van der Waals surface area contributed by atoms with Gasteiger partial charge in [0, 0.05) is 11.4 Å². The molecule has 3 aliphatic rings. The molecule has 5 rings (SSSR count). The van der Waals surface area contributed by atoms with Crippen LogP contribution in [0.4, 0.5) is 0 Å². The Hall–Kier alpha value is -1.20. The number of hydrogen-bond donors (Lipinski definition) is 1. The van der Waals surface area contributed by atoms with Gasteiger partial charge in [-0.2, -0.15) is 0 Å². The van der Waals surface area contributed by atoms with E-state index < -0.39 is 0 Å². The largest absolute Gasteiger partial charge is 0.309 e. The smallest absolute Gasteiger partial charge is 0.259 e. The Morgan fingerprint density at radius 1 is 1.08 bits per heavy atom. The van der Waals surface area contributed by atoms with Gasteiger partial charge in [-0.1, -0.05) is 19.3 Å². The van der Waals surface area contributed by atoms with Gasteiger partial charge in [0.1, 0.15) is 10.7 Å². The molecule has 0 spiro atoms. The Balaban J connectivity index is 1.39. The standard InChI is InChI=1S/C20H27N3OS/c24-19-18-15-7-3-4-8-16(15)25-20(18)22-17(21-19)12-23-10-9-13-5-1-2-6-14(13)11-23/h13-14H,1-12H2,(H,21,22,24)/t13-,14-/m1/s1. The number of thiophene rings is 1. The van der Waals surface area contributed by atoms with Crippen molar-refractivity contribution < 1.29 is 0 Å². The Kier molecular flexibility index (Phi) is 4.17.